The van der Waals surface area contributed by atoms with Crippen LogP contribution in [0.1, 0.15) is 17.0 Å². The number of nitrogens with one attached hydrogen (secondary N) is 1. The lowest BCUT2D eigenvalue weighted by Gasteiger charge is -2.15. The number of aromatic nitrogens is 2. The Morgan fingerprint density at radius 1 is 0.938 bits per heavy atom. The summed E-state index contributed by atoms with van der Waals surface area (Å²) in [6.45, 7) is 4.01. The molecule has 2 aromatic carbocycles. The average molecular weight is 465 g/mol. The average Bonchev–Trinajstić information content (AvgIpc) is 2.96. The molecule has 32 heavy (non-hydrogen) atoms. The first kappa shape index (κ1) is 22.0. The lowest BCUT2D eigenvalue weighted by atomic mass is 10.1. The summed E-state index contributed by atoms with van der Waals surface area (Å²) in [5, 5.41) is 4.05. The molecule has 1 aliphatic rings. The van der Waals surface area contributed by atoms with E-state index in [2.05, 4.69) is 15.3 Å². The molecule has 1 aromatic heterocycles. The smallest absolute Gasteiger partial charge is 0.278 e. The number of hydrogen-bond acceptors (Lipinski definition) is 6. The number of rotatable bonds is 7. The van der Waals surface area contributed by atoms with Crippen LogP contribution in [-0.2, 0) is 16.0 Å². The van der Waals surface area contributed by atoms with E-state index < -0.39 is 0 Å². The van der Waals surface area contributed by atoms with Crippen LogP contribution in [0, 0.1) is 13.8 Å². The number of anilines is 1. The number of halogens is 1. The van der Waals surface area contributed by atoms with Gasteiger partial charge in [0.15, 0.2) is 5.16 Å². The highest BCUT2D eigenvalue weighted by molar-refractivity contribution is 8.04. The second kappa shape index (κ2) is 9.54. The Morgan fingerprint density at radius 3 is 2.34 bits per heavy atom. The van der Waals surface area contributed by atoms with Crippen LogP contribution in [0.15, 0.2) is 76.4 Å². The van der Waals surface area contributed by atoms with Crippen LogP contribution in [0.3, 0.4) is 0 Å². The van der Waals surface area contributed by atoms with Crippen molar-refractivity contribution in [1.29, 1.82) is 0 Å². The lowest BCUT2D eigenvalue weighted by Crippen LogP contribution is -2.34. The highest BCUT2D eigenvalue weighted by Crippen LogP contribution is 2.35. The summed E-state index contributed by atoms with van der Waals surface area (Å²) >= 11 is 7.20. The van der Waals surface area contributed by atoms with Crippen molar-refractivity contribution in [1.82, 2.24) is 14.9 Å². The molecular weight excluding hydrogens is 444 g/mol. The zero-order valence-corrected chi connectivity index (χ0v) is 19.2. The van der Waals surface area contributed by atoms with Gasteiger partial charge in [0.25, 0.3) is 11.8 Å². The Morgan fingerprint density at radius 2 is 1.66 bits per heavy atom. The maximum atomic E-state index is 13.3. The minimum Gasteiger partial charge on any atom is -0.350 e. The van der Waals surface area contributed by atoms with Crippen molar-refractivity contribution in [3.63, 3.8) is 0 Å². The van der Waals surface area contributed by atoms with Gasteiger partial charge in [-0.05, 0) is 61.9 Å². The Balaban J connectivity index is 1.64. The fraction of sp³-hybridized carbons (Fsp3) is 0.167. The van der Waals surface area contributed by atoms with Gasteiger partial charge in [0, 0.05) is 28.6 Å². The van der Waals surface area contributed by atoms with Gasteiger partial charge in [-0.1, -0.05) is 48.0 Å². The van der Waals surface area contributed by atoms with Crippen molar-refractivity contribution in [2.24, 2.45) is 0 Å². The molecule has 0 radical (unpaired) electrons. The van der Waals surface area contributed by atoms with Crippen molar-refractivity contribution >= 4 is 40.9 Å². The fourth-order valence-electron chi connectivity index (χ4n) is 3.39. The van der Waals surface area contributed by atoms with E-state index in [0.29, 0.717) is 22.3 Å². The van der Waals surface area contributed by atoms with Crippen molar-refractivity contribution in [2.75, 3.05) is 11.9 Å². The number of nitrogens with zero attached hydrogens (tertiary/aromatic N) is 3. The number of carbonyl (C=O) groups is 2. The van der Waals surface area contributed by atoms with Gasteiger partial charge in [-0.25, -0.2) is 9.97 Å². The zero-order valence-electron chi connectivity index (χ0n) is 17.6. The summed E-state index contributed by atoms with van der Waals surface area (Å²) in [6.07, 6.45) is 0.570. The van der Waals surface area contributed by atoms with Gasteiger partial charge in [-0.3, -0.25) is 14.5 Å². The molecule has 8 heteroatoms. The summed E-state index contributed by atoms with van der Waals surface area (Å²) in [5.41, 5.74) is 3.47. The highest BCUT2D eigenvalue weighted by Gasteiger charge is 2.39. The summed E-state index contributed by atoms with van der Waals surface area (Å²) < 4.78 is 0. The second-order valence-electron chi connectivity index (χ2n) is 7.37. The molecule has 0 saturated heterocycles. The Bertz CT molecular complexity index is 1190. The standard InChI is InChI=1S/C24H21ClN4O2S/c1-15-13-16(2)27-24(26-15)32-21-20(28-19-10-6-9-18(25)14-19)22(30)29(23(21)31)12-11-17-7-4-3-5-8-17/h3-10,13-14,28H,11-12H2,1-2H3. The van der Waals surface area contributed by atoms with E-state index in [1.54, 1.807) is 24.3 Å². The van der Waals surface area contributed by atoms with E-state index >= 15 is 0 Å². The maximum Gasteiger partial charge on any atom is 0.278 e. The number of carbonyl (C=O) groups excluding carboxylic acids is 2. The van der Waals surface area contributed by atoms with Crippen LogP contribution in [-0.4, -0.2) is 33.2 Å². The minimum absolute atomic E-state index is 0.207. The molecule has 2 heterocycles. The first-order valence-corrected chi connectivity index (χ1v) is 11.3. The molecule has 6 nitrogen and oxygen atoms in total. The second-order valence-corrected chi connectivity index (χ2v) is 8.79. The monoisotopic (exact) mass is 464 g/mol. The molecule has 1 aliphatic heterocycles. The van der Waals surface area contributed by atoms with Crippen LogP contribution in [0.5, 0.6) is 0 Å². The van der Waals surface area contributed by atoms with Gasteiger partial charge in [0.05, 0.1) is 0 Å². The van der Waals surface area contributed by atoms with Gasteiger partial charge in [-0.2, -0.15) is 0 Å². The molecule has 0 unspecified atom stereocenters. The molecule has 0 fully saturated rings. The van der Waals surface area contributed by atoms with Crippen molar-refractivity contribution in [2.45, 2.75) is 25.4 Å². The van der Waals surface area contributed by atoms with Crippen LogP contribution in [0.25, 0.3) is 0 Å². The van der Waals surface area contributed by atoms with Crippen molar-refractivity contribution in [3.8, 4) is 0 Å². The summed E-state index contributed by atoms with van der Waals surface area (Å²) in [7, 11) is 0. The van der Waals surface area contributed by atoms with E-state index in [1.165, 1.54) is 4.90 Å². The normalized spacial score (nSPS) is 13.8. The molecule has 3 aromatic rings. The zero-order chi connectivity index (χ0) is 22.7. The van der Waals surface area contributed by atoms with Crippen molar-refractivity contribution < 1.29 is 9.59 Å². The number of imide groups is 1. The molecule has 0 atom stereocenters. The number of benzene rings is 2. The van der Waals surface area contributed by atoms with E-state index in [0.717, 1.165) is 28.7 Å². The van der Waals surface area contributed by atoms with Gasteiger partial charge in [-0.15, -0.1) is 0 Å². The molecule has 0 bridgehead atoms. The van der Waals surface area contributed by atoms with Gasteiger partial charge < -0.3 is 5.32 Å². The van der Waals surface area contributed by atoms with E-state index in [1.807, 2.05) is 50.2 Å². The highest BCUT2D eigenvalue weighted by atomic mass is 35.5. The third-order valence-electron chi connectivity index (χ3n) is 4.84. The molecule has 162 valence electrons. The van der Waals surface area contributed by atoms with Crippen molar-refractivity contribution in [3.05, 3.63) is 93.2 Å². The van der Waals surface area contributed by atoms with Crippen LogP contribution < -0.4 is 5.32 Å². The van der Waals surface area contributed by atoms with Crippen LogP contribution in [0.4, 0.5) is 5.69 Å². The Kier molecular flexibility index (Phi) is 6.58. The summed E-state index contributed by atoms with van der Waals surface area (Å²) in [4.78, 5) is 36.9. The predicted molar refractivity (Wildman–Crippen MR) is 126 cm³/mol. The Labute approximate surface area is 195 Å². The molecule has 0 spiro atoms. The van der Waals surface area contributed by atoms with Gasteiger partial charge in [0.2, 0.25) is 0 Å². The van der Waals surface area contributed by atoms with E-state index in [9.17, 15) is 9.59 Å². The van der Waals surface area contributed by atoms with Gasteiger partial charge >= 0.3 is 0 Å². The third kappa shape index (κ3) is 5.00. The fourth-order valence-corrected chi connectivity index (χ4v) is 4.58. The number of hydrogen-bond donors (Lipinski definition) is 1. The Hall–Kier alpha value is -3.16. The number of thioether (sulfide) groups is 1. The van der Waals surface area contributed by atoms with E-state index in [4.69, 9.17) is 11.6 Å². The first-order valence-electron chi connectivity index (χ1n) is 10.1. The molecule has 0 saturated carbocycles. The maximum absolute atomic E-state index is 13.3. The SMILES string of the molecule is Cc1cc(C)nc(SC2=C(Nc3cccc(Cl)c3)C(=O)N(CCc3ccccc3)C2=O)n1. The molecular formula is C24H21ClN4O2S. The number of amides is 2. The van der Waals surface area contributed by atoms with E-state index in [-0.39, 0.29) is 29.0 Å². The third-order valence-corrected chi connectivity index (χ3v) is 6.02. The predicted octanol–water partition coefficient (Wildman–Crippen LogP) is 4.77. The molecule has 4 rings (SSSR count). The molecule has 2 amide bonds. The molecule has 0 aliphatic carbocycles. The van der Waals surface area contributed by atoms with Crippen LogP contribution >= 0.6 is 23.4 Å². The van der Waals surface area contributed by atoms with Gasteiger partial charge in [0.1, 0.15) is 10.6 Å². The number of aryl methyl sites for hydroxylation is 2. The minimum atomic E-state index is -0.377. The topological polar surface area (TPSA) is 75.2 Å². The molecule has 1 N–H and O–H groups in total. The lowest BCUT2D eigenvalue weighted by molar-refractivity contribution is -0.137. The summed E-state index contributed by atoms with van der Waals surface area (Å²) in [6, 6.07) is 18.6. The first-order chi connectivity index (χ1) is 15.4. The van der Waals surface area contributed by atoms with Crippen LogP contribution in [0.2, 0.25) is 5.02 Å². The largest absolute Gasteiger partial charge is 0.350 e. The quantitative estimate of drug-likeness (QED) is 0.401. The summed E-state index contributed by atoms with van der Waals surface area (Å²) in [5.74, 6) is -0.735.